The van der Waals surface area contributed by atoms with E-state index < -0.39 is 22.2 Å². The molecule has 0 aliphatic heterocycles. The van der Waals surface area contributed by atoms with Crippen LogP contribution in [0.4, 0.5) is 0 Å². The Kier molecular flexibility index (Phi) is 8.26. The zero-order chi connectivity index (χ0) is 25.7. The third kappa shape index (κ3) is 6.42. The molecule has 3 aromatic rings. The zero-order valence-corrected chi connectivity index (χ0v) is 21.3. The van der Waals surface area contributed by atoms with Crippen LogP contribution < -0.4 is 10.0 Å². The van der Waals surface area contributed by atoms with Crippen LogP contribution >= 0.6 is 0 Å². The quantitative estimate of drug-likeness (QED) is 0.318. The first kappa shape index (κ1) is 26.1. The van der Waals surface area contributed by atoms with E-state index in [2.05, 4.69) is 16.6 Å². The van der Waals surface area contributed by atoms with Gasteiger partial charge in [-0.15, -0.1) is 0 Å². The molecule has 4 N–H and O–H groups in total. The van der Waals surface area contributed by atoms with E-state index in [-0.39, 0.29) is 23.4 Å². The van der Waals surface area contributed by atoms with Crippen molar-refractivity contribution in [2.75, 3.05) is 6.54 Å². The average Bonchev–Trinajstić information content (AvgIpc) is 3.18. The summed E-state index contributed by atoms with van der Waals surface area (Å²) in [5, 5.41) is 24.9. The molecule has 4 atom stereocenters. The molecule has 36 heavy (non-hydrogen) atoms. The molecule has 7 heteroatoms. The van der Waals surface area contributed by atoms with Crippen molar-refractivity contribution in [1.82, 2.24) is 10.0 Å². The van der Waals surface area contributed by atoms with Crippen LogP contribution in [0.1, 0.15) is 34.7 Å². The predicted molar refractivity (Wildman–Crippen MR) is 142 cm³/mol. The number of aliphatic hydroxyl groups excluding tert-OH is 2. The molecule has 0 saturated heterocycles. The van der Waals surface area contributed by atoms with Crippen LogP contribution in [0.3, 0.4) is 0 Å². The van der Waals surface area contributed by atoms with Gasteiger partial charge in [-0.2, -0.15) is 0 Å². The summed E-state index contributed by atoms with van der Waals surface area (Å²) < 4.78 is 27.9. The van der Waals surface area contributed by atoms with Crippen molar-refractivity contribution in [3.63, 3.8) is 0 Å². The Labute approximate surface area is 213 Å². The summed E-state index contributed by atoms with van der Waals surface area (Å²) in [5.41, 5.74) is 4.93. The normalized spacial score (nSPS) is 18.9. The molecule has 190 valence electrons. The van der Waals surface area contributed by atoms with E-state index in [1.807, 2.05) is 61.5 Å². The van der Waals surface area contributed by atoms with Gasteiger partial charge >= 0.3 is 0 Å². The number of hydrogen-bond acceptors (Lipinski definition) is 5. The highest BCUT2D eigenvalue weighted by Crippen LogP contribution is 2.33. The Hall–Kier alpha value is -2.97. The molecule has 1 aliphatic rings. The van der Waals surface area contributed by atoms with E-state index in [0.29, 0.717) is 25.0 Å². The van der Waals surface area contributed by atoms with Crippen LogP contribution in [0.5, 0.6) is 0 Å². The molecule has 6 nitrogen and oxygen atoms in total. The number of aliphatic hydroxyl groups is 2. The van der Waals surface area contributed by atoms with Gasteiger partial charge in [-0.3, -0.25) is 0 Å². The molecule has 0 saturated carbocycles. The highest BCUT2D eigenvalue weighted by atomic mass is 32.2. The fourth-order valence-corrected chi connectivity index (χ4v) is 5.80. The third-order valence-electron chi connectivity index (χ3n) is 6.76. The van der Waals surface area contributed by atoms with Crippen LogP contribution in [0, 0.1) is 12.8 Å². The van der Waals surface area contributed by atoms with Crippen LogP contribution in [-0.2, 0) is 22.9 Å². The van der Waals surface area contributed by atoms with Crippen molar-refractivity contribution in [2.45, 2.75) is 49.3 Å². The first-order valence-electron chi connectivity index (χ1n) is 12.2. The van der Waals surface area contributed by atoms with Gasteiger partial charge in [0.2, 0.25) is 10.0 Å². The number of nitrogens with one attached hydrogen (secondary N) is 2. The second-order valence-corrected chi connectivity index (χ2v) is 11.3. The van der Waals surface area contributed by atoms with Gasteiger partial charge in [0.15, 0.2) is 0 Å². The van der Waals surface area contributed by atoms with E-state index >= 15 is 0 Å². The molecule has 0 bridgehead atoms. The first-order chi connectivity index (χ1) is 17.2. The maximum absolute atomic E-state index is 12.7. The van der Waals surface area contributed by atoms with Crippen LogP contribution in [0.15, 0.2) is 96.0 Å². The van der Waals surface area contributed by atoms with Gasteiger partial charge in [0.05, 0.1) is 23.1 Å². The van der Waals surface area contributed by atoms with Gasteiger partial charge in [-0.1, -0.05) is 78.9 Å². The minimum absolute atomic E-state index is 0.107. The summed E-state index contributed by atoms with van der Waals surface area (Å²) in [6.45, 7) is 6.05. The second kappa shape index (κ2) is 11.4. The van der Waals surface area contributed by atoms with Gasteiger partial charge in [-0.05, 0) is 48.6 Å². The minimum atomic E-state index is -3.73. The maximum Gasteiger partial charge on any atom is 0.240 e. The van der Waals surface area contributed by atoms with Crippen molar-refractivity contribution >= 4 is 10.0 Å². The summed E-state index contributed by atoms with van der Waals surface area (Å²) in [5.74, 6) is -0.175. The van der Waals surface area contributed by atoms with Crippen molar-refractivity contribution in [3.05, 3.63) is 113 Å². The van der Waals surface area contributed by atoms with E-state index in [0.717, 1.165) is 22.3 Å². The molecule has 0 heterocycles. The Balaban J connectivity index is 1.44. The van der Waals surface area contributed by atoms with Crippen molar-refractivity contribution in [1.29, 1.82) is 0 Å². The molecule has 0 aromatic heterocycles. The van der Waals surface area contributed by atoms with Crippen LogP contribution in [0.25, 0.3) is 0 Å². The number of fused-ring (bicyclic) bond motifs is 1. The molecule has 0 fully saturated rings. The summed E-state index contributed by atoms with van der Waals surface area (Å²) in [7, 11) is -3.73. The molecular weight excluding hydrogens is 472 g/mol. The fraction of sp³-hybridized carbons (Fsp3) is 0.310. The number of allylic oxidation sites excluding steroid dienone is 1. The summed E-state index contributed by atoms with van der Waals surface area (Å²) >= 11 is 0. The van der Waals surface area contributed by atoms with Gasteiger partial charge < -0.3 is 15.5 Å². The molecule has 0 amide bonds. The predicted octanol–water partition coefficient (Wildman–Crippen LogP) is 3.64. The molecular formula is C29H34N2O4S. The lowest BCUT2D eigenvalue weighted by Gasteiger charge is -2.28. The highest BCUT2D eigenvalue weighted by Gasteiger charge is 2.32. The number of sulfonamides is 1. The third-order valence-corrected chi connectivity index (χ3v) is 8.20. The van der Waals surface area contributed by atoms with Crippen molar-refractivity contribution in [2.24, 2.45) is 5.92 Å². The molecule has 3 aromatic carbocycles. The average molecular weight is 507 g/mol. The lowest BCUT2D eigenvalue weighted by molar-refractivity contribution is 0.136. The molecule has 0 spiro atoms. The van der Waals surface area contributed by atoms with Crippen molar-refractivity contribution < 1.29 is 18.6 Å². The number of rotatable bonds is 11. The van der Waals surface area contributed by atoms with Crippen molar-refractivity contribution in [3.8, 4) is 0 Å². The Morgan fingerprint density at radius 2 is 1.69 bits per heavy atom. The van der Waals surface area contributed by atoms with E-state index in [4.69, 9.17) is 0 Å². The maximum atomic E-state index is 12.7. The van der Waals surface area contributed by atoms with Gasteiger partial charge in [-0.25, -0.2) is 13.1 Å². The van der Waals surface area contributed by atoms with Gasteiger partial charge in [0.1, 0.15) is 0 Å². The SMILES string of the molecule is C=C(N[C@H]1c2ccccc2C[C@H]1O)[C@H](Cc1ccccc1)C[C@H](O)CNS(=O)(=O)c1ccc(C)cc1. The highest BCUT2D eigenvalue weighted by molar-refractivity contribution is 7.89. The lowest BCUT2D eigenvalue weighted by Crippen LogP contribution is -2.36. The summed E-state index contributed by atoms with van der Waals surface area (Å²) in [4.78, 5) is 0.168. The number of hydrogen-bond donors (Lipinski definition) is 4. The summed E-state index contributed by atoms with van der Waals surface area (Å²) in [6.07, 6.45) is 0.0232. The summed E-state index contributed by atoms with van der Waals surface area (Å²) in [6, 6.07) is 24.2. The Morgan fingerprint density at radius 1 is 1.03 bits per heavy atom. The molecule has 0 radical (unpaired) electrons. The van der Waals surface area contributed by atoms with Gasteiger partial charge in [0, 0.05) is 24.6 Å². The fourth-order valence-electron chi connectivity index (χ4n) is 4.73. The standard InChI is InChI=1S/C29H34N2O4S/c1-20-12-14-26(15-13-20)36(34,35)30-19-25(32)17-24(16-22-8-4-3-5-9-22)21(2)31-29-27-11-7-6-10-23(27)18-28(29)33/h3-15,24-25,28-33H,2,16-19H2,1H3/t24-,25+,28-,29+/m1/s1. The smallest absolute Gasteiger partial charge is 0.240 e. The zero-order valence-electron chi connectivity index (χ0n) is 20.5. The monoisotopic (exact) mass is 506 g/mol. The number of aryl methyl sites for hydroxylation is 1. The Morgan fingerprint density at radius 3 is 2.42 bits per heavy atom. The lowest BCUT2D eigenvalue weighted by atomic mass is 9.90. The van der Waals surface area contributed by atoms with E-state index in [1.54, 1.807) is 24.3 Å². The largest absolute Gasteiger partial charge is 0.392 e. The van der Waals surface area contributed by atoms with E-state index in [9.17, 15) is 18.6 Å². The van der Waals surface area contributed by atoms with E-state index in [1.165, 1.54) is 0 Å². The Bertz CT molecular complexity index is 1280. The first-order valence-corrected chi connectivity index (χ1v) is 13.7. The molecule has 0 unspecified atom stereocenters. The second-order valence-electron chi connectivity index (χ2n) is 9.56. The van der Waals surface area contributed by atoms with Crippen LogP contribution in [-0.4, -0.2) is 37.4 Å². The topological polar surface area (TPSA) is 98.7 Å². The number of benzene rings is 3. The minimum Gasteiger partial charge on any atom is -0.392 e. The molecule has 1 aliphatic carbocycles. The van der Waals surface area contributed by atoms with Crippen LogP contribution in [0.2, 0.25) is 0 Å². The molecule has 4 rings (SSSR count). The van der Waals surface area contributed by atoms with Gasteiger partial charge in [0.25, 0.3) is 0 Å².